The largest absolute Gasteiger partial charge is 0.460 e. The molecular formula is C18H23N3O3. The van der Waals surface area contributed by atoms with Gasteiger partial charge in [0.1, 0.15) is 11.3 Å². The fourth-order valence-electron chi connectivity index (χ4n) is 3.12. The Morgan fingerprint density at radius 3 is 2.42 bits per heavy atom. The molecule has 0 radical (unpaired) electrons. The van der Waals surface area contributed by atoms with Crippen LogP contribution in [0.1, 0.15) is 25.5 Å². The molecule has 1 aromatic carbocycles. The van der Waals surface area contributed by atoms with E-state index in [0.717, 1.165) is 11.0 Å². The monoisotopic (exact) mass is 329 g/mol. The number of benzene rings is 1. The lowest BCUT2D eigenvalue weighted by atomic mass is 10.1. The molecule has 2 aromatic rings. The first-order valence-corrected chi connectivity index (χ1v) is 8.28. The van der Waals surface area contributed by atoms with Crippen LogP contribution in [0.25, 0.3) is 11.0 Å². The molecule has 2 amide bonds. The zero-order valence-corrected chi connectivity index (χ0v) is 14.1. The minimum Gasteiger partial charge on any atom is -0.460 e. The van der Waals surface area contributed by atoms with Crippen molar-refractivity contribution in [3.05, 3.63) is 36.1 Å². The third-order valence-corrected chi connectivity index (χ3v) is 4.83. The van der Waals surface area contributed by atoms with E-state index in [1.807, 2.05) is 47.1 Å². The first kappa shape index (κ1) is 16.5. The van der Waals surface area contributed by atoms with Gasteiger partial charge in [0.05, 0.1) is 12.0 Å². The molecule has 0 spiro atoms. The number of nitrogens with zero attached hydrogens (tertiary/aromatic N) is 2. The minimum atomic E-state index is -0.328. The van der Waals surface area contributed by atoms with E-state index < -0.39 is 0 Å². The van der Waals surface area contributed by atoms with E-state index in [4.69, 9.17) is 10.2 Å². The Morgan fingerprint density at radius 1 is 1.12 bits per heavy atom. The maximum Gasteiger partial charge on any atom is 0.234 e. The van der Waals surface area contributed by atoms with Gasteiger partial charge in [-0.05, 0) is 26.0 Å². The minimum absolute atomic E-state index is 0.0560. The highest BCUT2D eigenvalue weighted by atomic mass is 16.3. The predicted molar refractivity (Wildman–Crippen MR) is 91.4 cm³/mol. The number of fused-ring (bicyclic) bond motifs is 1. The van der Waals surface area contributed by atoms with Crippen LogP contribution in [0.15, 0.2) is 34.7 Å². The summed E-state index contributed by atoms with van der Waals surface area (Å²) in [4.78, 5) is 27.9. The van der Waals surface area contributed by atoms with Crippen LogP contribution in [0.3, 0.4) is 0 Å². The molecule has 1 aliphatic heterocycles. The Morgan fingerprint density at radius 2 is 1.79 bits per heavy atom. The molecule has 0 aliphatic carbocycles. The van der Waals surface area contributed by atoms with Crippen molar-refractivity contribution in [3.8, 4) is 0 Å². The summed E-state index contributed by atoms with van der Waals surface area (Å²) >= 11 is 0. The second kappa shape index (κ2) is 6.65. The standard InChI is InChI=1S/C18H23N3O3/c1-12(16-11-14-5-3-4-6-15(14)24-16)18(23)21-9-7-20(8-10-21)13(2)17(19)22/h3-6,11-13H,7-10H2,1-2H3,(H2,19,22)/t12-,13-/m0/s1. The summed E-state index contributed by atoms with van der Waals surface area (Å²) in [6.45, 7) is 6.18. The van der Waals surface area contributed by atoms with Crippen molar-refractivity contribution < 1.29 is 14.0 Å². The zero-order valence-electron chi connectivity index (χ0n) is 14.1. The Labute approximate surface area is 141 Å². The number of carbonyl (C=O) groups excluding carboxylic acids is 2. The molecule has 1 aliphatic rings. The van der Waals surface area contributed by atoms with Gasteiger partial charge in [0.2, 0.25) is 11.8 Å². The summed E-state index contributed by atoms with van der Waals surface area (Å²) in [5, 5.41) is 1.01. The Bertz CT molecular complexity index is 714. The normalized spacial score (nSPS) is 18.5. The molecule has 1 aromatic heterocycles. The number of hydrogen-bond acceptors (Lipinski definition) is 4. The number of piperazine rings is 1. The molecule has 128 valence electrons. The summed E-state index contributed by atoms with van der Waals surface area (Å²) in [7, 11) is 0. The molecule has 1 saturated heterocycles. The van der Waals surface area contributed by atoms with Gasteiger partial charge < -0.3 is 15.1 Å². The Hall–Kier alpha value is -2.34. The topological polar surface area (TPSA) is 79.8 Å². The fourth-order valence-corrected chi connectivity index (χ4v) is 3.12. The molecule has 0 bridgehead atoms. The molecule has 24 heavy (non-hydrogen) atoms. The maximum absolute atomic E-state index is 12.7. The van der Waals surface area contributed by atoms with E-state index in [9.17, 15) is 9.59 Å². The number of carbonyl (C=O) groups is 2. The number of nitrogens with two attached hydrogens (primary N) is 1. The van der Waals surface area contributed by atoms with Crippen molar-refractivity contribution in [2.45, 2.75) is 25.8 Å². The van der Waals surface area contributed by atoms with Gasteiger partial charge in [-0.3, -0.25) is 14.5 Å². The van der Waals surface area contributed by atoms with E-state index in [1.54, 1.807) is 6.92 Å². The van der Waals surface area contributed by atoms with Crippen LogP contribution in [-0.4, -0.2) is 53.8 Å². The second-order valence-electron chi connectivity index (χ2n) is 6.35. The molecule has 0 unspecified atom stereocenters. The smallest absolute Gasteiger partial charge is 0.234 e. The fraction of sp³-hybridized carbons (Fsp3) is 0.444. The number of hydrogen-bond donors (Lipinski definition) is 1. The average molecular weight is 329 g/mol. The molecule has 6 nitrogen and oxygen atoms in total. The molecule has 2 heterocycles. The first-order chi connectivity index (χ1) is 11.5. The van der Waals surface area contributed by atoms with Crippen molar-refractivity contribution in [1.29, 1.82) is 0 Å². The van der Waals surface area contributed by atoms with Crippen LogP contribution in [-0.2, 0) is 9.59 Å². The lowest BCUT2D eigenvalue weighted by molar-refractivity contribution is -0.135. The van der Waals surface area contributed by atoms with E-state index in [1.165, 1.54) is 0 Å². The van der Waals surface area contributed by atoms with Crippen molar-refractivity contribution >= 4 is 22.8 Å². The van der Waals surface area contributed by atoms with E-state index >= 15 is 0 Å². The molecule has 2 atom stereocenters. The van der Waals surface area contributed by atoms with Gasteiger partial charge in [0.15, 0.2) is 0 Å². The summed E-state index contributed by atoms with van der Waals surface area (Å²) in [5.74, 6) is 0.0949. The summed E-state index contributed by atoms with van der Waals surface area (Å²) in [6.07, 6.45) is 0. The highest BCUT2D eigenvalue weighted by Gasteiger charge is 2.30. The number of furan rings is 1. The van der Waals surface area contributed by atoms with Gasteiger partial charge in [-0.2, -0.15) is 0 Å². The molecule has 1 fully saturated rings. The maximum atomic E-state index is 12.7. The molecule has 0 saturated carbocycles. The Kier molecular flexibility index (Phi) is 4.57. The van der Waals surface area contributed by atoms with Crippen LogP contribution in [0.4, 0.5) is 0 Å². The third-order valence-electron chi connectivity index (χ3n) is 4.83. The summed E-state index contributed by atoms with van der Waals surface area (Å²) < 4.78 is 5.81. The number of rotatable bonds is 4. The van der Waals surface area contributed by atoms with Crippen LogP contribution in [0.2, 0.25) is 0 Å². The van der Waals surface area contributed by atoms with Crippen LogP contribution in [0.5, 0.6) is 0 Å². The second-order valence-corrected chi connectivity index (χ2v) is 6.35. The summed E-state index contributed by atoms with van der Waals surface area (Å²) in [5.41, 5.74) is 6.15. The molecule has 6 heteroatoms. The van der Waals surface area contributed by atoms with Gasteiger partial charge in [-0.25, -0.2) is 0 Å². The van der Waals surface area contributed by atoms with E-state index in [2.05, 4.69) is 0 Å². The predicted octanol–water partition coefficient (Wildman–Crippen LogP) is 1.55. The van der Waals surface area contributed by atoms with E-state index in [-0.39, 0.29) is 23.8 Å². The van der Waals surface area contributed by atoms with Crippen molar-refractivity contribution in [1.82, 2.24) is 9.80 Å². The number of para-hydroxylation sites is 1. The summed E-state index contributed by atoms with van der Waals surface area (Å²) in [6, 6.07) is 9.39. The lowest BCUT2D eigenvalue weighted by Gasteiger charge is -2.37. The third kappa shape index (κ3) is 3.14. The van der Waals surface area contributed by atoms with Gasteiger partial charge in [0.25, 0.3) is 0 Å². The quantitative estimate of drug-likeness (QED) is 0.923. The SMILES string of the molecule is C[C@H](C(=O)N1CCN([C@@H](C)C(N)=O)CC1)c1cc2ccccc2o1. The van der Waals surface area contributed by atoms with E-state index in [0.29, 0.717) is 31.9 Å². The van der Waals surface area contributed by atoms with Crippen molar-refractivity contribution in [2.75, 3.05) is 26.2 Å². The van der Waals surface area contributed by atoms with Crippen molar-refractivity contribution in [2.24, 2.45) is 5.73 Å². The van der Waals surface area contributed by atoms with Gasteiger partial charge in [0, 0.05) is 31.6 Å². The highest BCUT2D eigenvalue weighted by Crippen LogP contribution is 2.26. The first-order valence-electron chi connectivity index (χ1n) is 8.28. The molecular weight excluding hydrogens is 306 g/mol. The number of primary amides is 1. The Balaban J connectivity index is 1.65. The van der Waals surface area contributed by atoms with Gasteiger partial charge >= 0.3 is 0 Å². The zero-order chi connectivity index (χ0) is 17.3. The van der Waals surface area contributed by atoms with Crippen LogP contribution >= 0.6 is 0 Å². The molecule has 3 rings (SSSR count). The van der Waals surface area contributed by atoms with Crippen molar-refractivity contribution in [3.63, 3.8) is 0 Å². The van der Waals surface area contributed by atoms with Crippen LogP contribution < -0.4 is 5.73 Å². The molecule has 2 N–H and O–H groups in total. The average Bonchev–Trinajstić information content (AvgIpc) is 3.04. The van der Waals surface area contributed by atoms with Gasteiger partial charge in [-0.15, -0.1) is 0 Å². The number of amides is 2. The highest BCUT2D eigenvalue weighted by molar-refractivity contribution is 5.85. The van der Waals surface area contributed by atoms with Gasteiger partial charge in [-0.1, -0.05) is 18.2 Å². The lowest BCUT2D eigenvalue weighted by Crippen LogP contribution is -2.54. The van der Waals surface area contributed by atoms with Crippen LogP contribution in [0, 0.1) is 0 Å².